The van der Waals surface area contributed by atoms with E-state index >= 15 is 0 Å². The number of esters is 1. The van der Waals surface area contributed by atoms with Crippen LogP contribution in [0.1, 0.15) is 36.7 Å². The summed E-state index contributed by atoms with van der Waals surface area (Å²) in [5, 5.41) is 11.9. The molecule has 1 N–H and O–H groups in total. The van der Waals surface area contributed by atoms with Gasteiger partial charge in [-0.05, 0) is 45.0 Å². The molecule has 2 aromatic rings. The molecule has 29 heavy (non-hydrogen) atoms. The number of amides is 1. The predicted octanol–water partition coefficient (Wildman–Crippen LogP) is 4.19. The number of carbonyl (C=O) groups excluding carboxylic acids is 2. The van der Waals surface area contributed by atoms with Crippen LogP contribution in [0.3, 0.4) is 0 Å². The van der Waals surface area contributed by atoms with Crippen molar-refractivity contribution in [3.05, 3.63) is 52.5 Å². The first-order valence-corrected chi connectivity index (χ1v) is 9.19. The minimum absolute atomic E-state index is 0.111. The van der Waals surface area contributed by atoms with Crippen LogP contribution >= 0.6 is 11.6 Å². The number of carbonyl (C=O) groups is 2. The molecule has 7 nitrogen and oxygen atoms in total. The number of halogens is 1. The van der Waals surface area contributed by atoms with Crippen LogP contribution in [0.4, 0.5) is 5.69 Å². The highest BCUT2D eigenvalue weighted by atomic mass is 35.5. The van der Waals surface area contributed by atoms with Crippen LogP contribution < -0.4 is 14.8 Å². The molecular weight excluding hydrogens is 396 g/mol. The third kappa shape index (κ3) is 5.62. The molecule has 0 fully saturated rings. The van der Waals surface area contributed by atoms with Crippen LogP contribution in [-0.4, -0.2) is 31.2 Å². The number of nitrogens with zero attached hydrogens (tertiary/aromatic N) is 1. The topological polar surface area (TPSA) is 97.6 Å². The number of nitrogens with one attached hydrogen (secondary N) is 1. The Morgan fingerprint density at radius 2 is 1.86 bits per heavy atom. The number of rotatable bonds is 7. The van der Waals surface area contributed by atoms with Crippen molar-refractivity contribution in [3.8, 4) is 17.6 Å². The summed E-state index contributed by atoms with van der Waals surface area (Å²) >= 11 is 6.22. The summed E-state index contributed by atoms with van der Waals surface area (Å²) in [7, 11) is 1.43. The minimum atomic E-state index is -1.11. The highest BCUT2D eigenvalue weighted by Gasteiger charge is 2.22. The number of hydrogen-bond donors (Lipinski definition) is 1. The number of benzene rings is 2. The molecular formula is C21H21ClN2O5. The fourth-order valence-electron chi connectivity index (χ4n) is 2.39. The zero-order valence-corrected chi connectivity index (χ0v) is 17.2. The van der Waals surface area contributed by atoms with Crippen LogP contribution in [0.2, 0.25) is 5.02 Å². The van der Waals surface area contributed by atoms with Crippen molar-refractivity contribution in [2.45, 2.75) is 33.0 Å². The van der Waals surface area contributed by atoms with E-state index in [1.807, 2.05) is 19.9 Å². The lowest BCUT2D eigenvalue weighted by atomic mass is 10.2. The van der Waals surface area contributed by atoms with Crippen LogP contribution in [0, 0.1) is 11.3 Å². The summed E-state index contributed by atoms with van der Waals surface area (Å²) in [6.45, 7) is 5.10. The molecule has 0 aliphatic rings. The molecule has 1 amide bonds. The predicted molar refractivity (Wildman–Crippen MR) is 108 cm³/mol. The van der Waals surface area contributed by atoms with Gasteiger partial charge < -0.3 is 19.5 Å². The van der Waals surface area contributed by atoms with Crippen molar-refractivity contribution < 1.29 is 23.8 Å². The summed E-state index contributed by atoms with van der Waals surface area (Å²) in [6.07, 6.45) is -1.25. The zero-order chi connectivity index (χ0) is 21.6. The van der Waals surface area contributed by atoms with E-state index in [-0.39, 0.29) is 22.4 Å². The lowest BCUT2D eigenvalue weighted by Gasteiger charge is -2.17. The Labute approximate surface area is 174 Å². The lowest BCUT2D eigenvalue weighted by Crippen LogP contribution is -2.30. The quantitative estimate of drug-likeness (QED) is 0.679. The van der Waals surface area contributed by atoms with E-state index in [4.69, 9.17) is 31.1 Å². The molecule has 2 rings (SSSR count). The number of nitriles is 1. The fourth-order valence-corrected chi connectivity index (χ4v) is 2.65. The van der Waals surface area contributed by atoms with Crippen molar-refractivity contribution in [1.82, 2.24) is 0 Å². The molecule has 0 radical (unpaired) electrons. The molecule has 1 atom stereocenters. The largest absolute Gasteiger partial charge is 0.493 e. The van der Waals surface area contributed by atoms with E-state index in [2.05, 4.69) is 5.32 Å². The van der Waals surface area contributed by atoms with Crippen molar-refractivity contribution in [2.75, 3.05) is 12.4 Å². The maximum Gasteiger partial charge on any atom is 0.339 e. The Morgan fingerprint density at radius 1 is 1.17 bits per heavy atom. The molecule has 8 heteroatoms. The fraction of sp³-hybridized carbons (Fsp3) is 0.286. The van der Waals surface area contributed by atoms with Gasteiger partial charge in [-0.25, -0.2) is 4.79 Å². The smallest absolute Gasteiger partial charge is 0.339 e. The third-order valence-corrected chi connectivity index (χ3v) is 4.06. The van der Waals surface area contributed by atoms with Gasteiger partial charge in [-0.2, -0.15) is 5.26 Å². The molecule has 0 heterocycles. The Hall–Kier alpha value is -3.24. The van der Waals surface area contributed by atoms with Crippen LogP contribution in [0.15, 0.2) is 36.4 Å². The normalized spacial score (nSPS) is 11.3. The zero-order valence-electron chi connectivity index (χ0n) is 16.5. The van der Waals surface area contributed by atoms with Gasteiger partial charge in [0.05, 0.1) is 35.1 Å². The van der Waals surface area contributed by atoms with Crippen molar-refractivity contribution in [2.24, 2.45) is 0 Å². The van der Waals surface area contributed by atoms with E-state index in [0.29, 0.717) is 17.0 Å². The Balaban J connectivity index is 2.14. The lowest BCUT2D eigenvalue weighted by molar-refractivity contribution is -0.123. The van der Waals surface area contributed by atoms with Gasteiger partial charge in [-0.15, -0.1) is 0 Å². The van der Waals surface area contributed by atoms with Gasteiger partial charge >= 0.3 is 5.97 Å². The Bertz CT molecular complexity index is 953. The molecule has 0 saturated carbocycles. The molecule has 0 spiro atoms. The highest BCUT2D eigenvalue weighted by molar-refractivity contribution is 6.32. The van der Waals surface area contributed by atoms with Crippen molar-refractivity contribution in [1.29, 1.82) is 5.26 Å². The maximum atomic E-state index is 12.5. The summed E-state index contributed by atoms with van der Waals surface area (Å²) in [4.78, 5) is 24.8. The van der Waals surface area contributed by atoms with Gasteiger partial charge in [0.2, 0.25) is 0 Å². The molecule has 2 aromatic carbocycles. The maximum absolute atomic E-state index is 12.5. The molecule has 0 aromatic heterocycles. The molecule has 0 aliphatic heterocycles. The van der Waals surface area contributed by atoms with Gasteiger partial charge in [0.25, 0.3) is 5.91 Å². The number of methoxy groups -OCH3 is 1. The van der Waals surface area contributed by atoms with Crippen LogP contribution in [0.5, 0.6) is 11.5 Å². The summed E-state index contributed by atoms with van der Waals surface area (Å²) in [6, 6.07) is 11.3. The van der Waals surface area contributed by atoms with Gasteiger partial charge in [-0.3, -0.25) is 4.79 Å². The first kappa shape index (κ1) is 22.1. The van der Waals surface area contributed by atoms with Gasteiger partial charge in [0.1, 0.15) is 6.07 Å². The van der Waals surface area contributed by atoms with E-state index < -0.39 is 18.0 Å². The van der Waals surface area contributed by atoms with Crippen LogP contribution in [0.25, 0.3) is 0 Å². The number of ether oxygens (including phenoxy) is 3. The highest BCUT2D eigenvalue weighted by Crippen LogP contribution is 2.37. The van der Waals surface area contributed by atoms with Crippen molar-refractivity contribution >= 4 is 29.2 Å². The number of anilines is 1. The molecule has 152 valence electrons. The number of hydrogen-bond acceptors (Lipinski definition) is 6. The monoisotopic (exact) mass is 416 g/mol. The van der Waals surface area contributed by atoms with E-state index in [9.17, 15) is 9.59 Å². The van der Waals surface area contributed by atoms with Gasteiger partial charge in [-0.1, -0.05) is 23.7 Å². The van der Waals surface area contributed by atoms with Crippen LogP contribution in [-0.2, 0) is 9.53 Å². The summed E-state index contributed by atoms with van der Waals surface area (Å²) < 4.78 is 16.1. The van der Waals surface area contributed by atoms with Gasteiger partial charge in [0, 0.05) is 0 Å². The average Bonchev–Trinajstić information content (AvgIpc) is 2.69. The SMILES string of the molecule is COc1cc(C(=O)O[C@@H](C)C(=O)Nc2ccccc2C#N)cc(Cl)c1OC(C)C. The van der Waals surface area contributed by atoms with Gasteiger partial charge in [0.15, 0.2) is 17.6 Å². The Morgan fingerprint density at radius 3 is 2.48 bits per heavy atom. The summed E-state index contributed by atoms with van der Waals surface area (Å²) in [5.41, 5.74) is 0.750. The second-order valence-electron chi connectivity index (χ2n) is 6.35. The molecule has 0 saturated heterocycles. The standard InChI is InChI=1S/C21H21ClN2O5/c1-12(2)28-19-16(22)9-15(10-18(19)27-4)21(26)29-13(3)20(25)24-17-8-6-5-7-14(17)11-23/h5-10,12-13H,1-4H3,(H,24,25)/t13-/m0/s1. The van der Waals surface area contributed by atoms with Crippen molar-refractivity contribution in [3.63, 3.8) is 0 Å². The first-order valence-electron chi connectivity index (χ1n) is 8.82. The van der Waals surface area contributed by atoms with E-state index in [1.165, 1.54) is 26.2 Å². The second-order valence-corrected chi connectivity index (χ2v) is 6.76. The Kier molecular flexibility index (Phi) is 7.46. The minimum Gasteiger partial charge on any atom is -0.493 e. The second kappa shape index (κ2) is 9.80. The molecule has 0 aliphatic carbocycles. The number of para-hydroxylation sites is 1. The van der Waals surface area contributed by atoms with E-state index in [0.717, 1.165) is 0 Å². The third-order valence-electron chi connectivity index (χ3n) is 3.78. The molecule has 0 unspecified atom stereocenters. The summed E-state index contributed by atoms with van der Waals surface area (Å²) in [5.74, 6) is -0.728. The van der Waals surface area contributed by atoms with E-state index in [1.54, 1.807) is 24.3 Å². The average molecular weight is 417 g/mol. The molecule has 0 bridgehead atoms. The first-order chi connectivity index (χ1) is 13.8.